The summed E-state index contributed by atoms with van der Waals surface area (Å²) in [7, 11) is 0. The van der Waals surface area contributed by atoms with Crippen molar-refractivity contribution in [1.29, 1.82) is 0 Å². The van der Waals surface area contributed by atoms with Crippen LogP contribution >= 0.6 is 0 Å². The van der Waals surface area contributed by atoms with Crippen molar-refractivity contribution >= 4 is 11.8 Å². The Morgan fingerprint density at radius 3 is 2.96 bits per heavy atom. The lowest BCUT2D eigenvalue weighted by Crippen LogP contribution is -2.57. The lowest BCUT2D eigenvalue weighted by molar-refractivity contribution is -0.134. The number of aromatic nitrogens is 1. The average molecular weight is 374 g/mol. The SMILES string of the molecule is O=C(CC1C(=O)NCCN1CC1CCCCC1)NCCOc1cccnc1. The maximum absolute atomic E-state index is 12.3. The molecule has 2 N–H and O–H groups in total. The number of hydrogen-bond donors (Lipinski definition) is 2. The van der Waals surface area contributed by atoms with E-state index >= 15 is 0 Å². The number of rotatable bonds is 8. The van der Waals surface area contributed by atoms with E-state index < -0.39 is 0 Å². The molecule has 0 bridgehead atoms. The quantitative estimate of drug-likeness (QED) is 0.671. The molecule has 2 heterocycles. The van der Waals surface area contributed by atoms with Crippen molar-refractivity contribution < 1.29 is 14.3 Å². The monoisotopic (exact) mass is 374 g/mol. The standard InChI is InChI=1S/C20H30N4O3/c25-19(22-10-12-27-17-7-4-8-21-14-17)13-18-20(26)23-9-11-24(18)15-16-5-2-1-3-6-16/h4,7-8,14,16,18H,1-3,5-6,9-13,15H2,(H,22,25)(H,23,26). The van der Waals surface area contributed by atoms with Crippen molar-refractivity contribution in [2.45, 2.75) is 44.6 Å². The van der Waals surface area contributed by atoms with Gasteiger partial charge in [-0.05, 0) is 30.9 Å². The number of carbonyl (C=O) groups is 2. The van der Waals surface area contributed by atoms with Crippen molar-refractivity contribution in [3.63, 3.8) is 0 Å². The Labute approximate surface area is 160 Å². The van der Waals surface area contributed by atoms with Crippen molar-refractivity contribution in [1.82, 2.24) is 20.5 Å². The molecule has 148 valence electrons. The predicted molar refractivity (Wildman–Crippen MR) is 102 cm³/mol. The largest absolute Gasteiger partial charge is 0.490 e. The summed E-state index contributed by atoms with van der Waals surface area (Å²) in [6.07, 6.45) is 9.89. The zero-order valence-corrected chi connectivity index (χ0v) is 15.9. The number of amides is 2. The predicted octanol–water partition coefficient (Wildman–Crippen LogP) is 1.35. The highest BCUT2D eigenvalue weighted by molar-refractivity contribution is 5.88. The van der Waals surface area contributed by atoms with Gasteiger partial charge in [-0.15, -0.1) is 0 Å². The Hall–Kier alpha value is -2.15. The number of hydrogen-bond acceptors (Lipinski definition) is 5. The minimum absolute atomic E-state index is 0.0289. The summed E-state index contributed by atoms with van der Waals surface area (Å²) in [5.74, 6) is 1.19. The first-order chi connectivity index (χ1) is 13.2. The Bertz CT molecular complexity index is 605. The lowest BCUT2D eigenvalue weighted by atomic mass is 9.88. The van der Waals surface area contributed by atoms with Crippen molar-refractivity contribution in [2.24, 2.45) is 5.92 Å². The summed E-state index contributed by atoms with van der Waals surface area (Å²) in [5, 5.41) is 5.76. The van der Waals surface area contributed by atoms with Crippen molar-refractivity contribution in [3.8, 4) is 5.75 Å². The Morgan fingerprint density at radius 1 is 1.33 bits per heavy atom. The van der Waals surface area contributed by atoms with E-state index in [1.807, 2.05) is 6.07 Å². The van der Waals surface area contributed by atoms with Crippen LogP contribution < -0.4 is 15.4 Å². The third-order valence-corrected chi connectivity index (χ3v) is 5.37. The summed E-state index contributed by atoms with van der Waals surface area (Å²) in [6.45, 7) is 3.20. The van der Waals surface area contributed by atoms with Crippen LogP contribution in [0, 0.1) is 5.92 Å². The van der Waals surface area contributed by atoms with Crippen LogP contribution in [-0.2, 0) is 9.59 Å². The molecule has 0 spiro atoms. The lowest BCUT2D eigenvalue weighted by Gasteiger charge is -2.37. The fourth-order valence-electron chi connectivity index (χ4n) is 3.94. The maximum atomic E-state index is 12.3. The molecular weight excluding hydrogens is 344 g/mol. The molecule has 1 aliphatic carbocycles. The first kappa shape index (κ1) is 19.6. The zero-order chi connectivity index (χ0) is 18.9. The molecule has 0 aromatic carbocycles. The van der Waals surface area contributed by atoms with Gasteiger partial charge in [-0.2, -0.15) is 0 Å². The van der Waals surface area contributed by atoms with Crippen LogP contribution in [0.1, 0.15) is 38.5 Å². The molecule has 1 saturated heterocycles. The highest BCUT2D eigenvalue weighted by atomic mass is 16.5. The van der Waals surface area contributed by atoms with Crippen molar-refractivity contribution in [3.05, 3.63) is 24.5 Å². The number of pyridine rings is 1. The van der Waals surface area contributed by atoms with E-state index in [0.29, 0.717) is 31.4 Å². The second-order valence-electron chi connectivity index (χ2n) is 7.40. The fraction of sp³-hybridized carbons (Fsp3) is 0.650. The smallest absolute Gasteiger partial charge is 0.237 e. The molecule has 0 radical (unpaired) electrons. The summed E-state index contributed by atoms with van der Waals surface area (Å²) in [5.41, 5.74) is 0. The second-order valence-corrected chi connectivity index (χ2v) is 7.40. The van der Waals surface area contributed by atoms with Gasteiger partial charge in [-0.3, -0.25) is 19.5 Å². The van der Waals surface area contributed by atoms with Crippen LogP contribution in [0.15, 0.2) is 24.5 Å². The van der Waals surface area contributed by atoms with E-state index in [-0.39, 0.29) is 24.3 Å². The van der Waals surface area contributed by atoms with Crippen LogP contribution in [-0.4, -0.2) is 60.5 Å². The highest BCUT2D eigenvalue weighted by Gasteiger charge is 2.33. The molecule has 7 heteroatoms. The minimum atomic E-state index is -0.361. The van der Waals surface area contributed by atoms with Crippen molar-refractivity contribution in [2.75, 3.05) is 32.8 Å². The number of ether oxygens (including phenoxy) is 1. The number of carbonyl (C=O) groups excluding carboxylic acids is 2. The normalized spacial score (nSPS) is 21.5. The summed E-state index contributed by atoms with van der Waals surface area (Å²) in [4.78, 5) is 30.8. The van der Waals surface area contributed by atoms with Gasteiger partial charge < -0.3 is 15.4 Å². The van der Waals surface area contributed by atoms with E-state index in [9.17, 15) is 9.59 Å². The van der Waals surface area contributed by atoms with Crippen LogP contribution in [0.25, 0.3) is 0 Å². The van der Waals surface area contributed by atoms with E-state index in [0.717, 1.165) is 13.1 Å². The van der Waals surface area contributed by atoms with Crippen LogP contribution in [0.2, 0.25) is 0 Å². The topological polar surface area (TPSA) is 83.6 Å². The third kappa shape index (κ3) is 6.20. The molecule has 1 saturated carbocycles. The van der Waals surface area contributed by atoms with Gasteiger partial charge in [0.05, 0.1) is 25.2 Å². The summed E-state index contributed by atoms with van der Waals surface area (Å²) >= 11 is 0. The number of piperazine rings is 1. The van der Waals surface area contributed by atoms with Gasteiger partial charge >= 0.3 is 0 Å². The molecule has 7 nitrogen and oxygen atoms in total. The third-order valence-electron chi connectivity index (χ3n) is 5.37. The molecule has 27 heavy (non-hydrogen) atoms. The molecule has 2 aliphatic rings. The van der Waals surface area contributed by atoms with E-state index in [1.165, 1.54) is 32.1 Å². The average Bonchev–Trinajstić information content (AvgIpc) is 2.70. The molecule has 2 amide bonds. The van der Waals surface area contributed by atoms with Gasteiger partial charge in [0.15, 0.2) is 0 Å². The number of nitrogens with one attached hydrogen (secondary N) is 2. The highest BCUT2D eigenvalue weighted by Crippen LogP contribution is 2.25. The van der Waals surface area contributed by atoms with E-state index in [4.69, 9.17) is 4.74 Å². The molecule has 1 atom stereocenters. The Kier molecular flexibility index (Phi) is 7.45. The fourth-order valence-corrected chi connectivity index (χ4v) is 3.94. The van der Waals surface area contributed by atoms with Crippen LogP contribution in [0.5, 0.6) is 5.75 Å². The first-order valence-electron chi connectivity index (χ1n) is 10.0. The molecule has 1 unspecified atom stereocenters. The number of nitrogens with zero attached hydrogens (tertiary/aromatic N) is 2. The van der Waals surface area contributed by atoms with Gasteiger partial charge in [-0.1, -0.05) is 19.3 Å². The first-order valence-corrected chi connectivity index (χ1v) is 10.0. The van der Waals surface area contributed by atoms with Crippen LogP contribution in [0.4, 0.5) is 0 Å². The molecule has 1 aromatic rings. The van der Waals surface area contributed by atoms with Gasteiger partial charge in [-0.25, -0.2) is 0 Å². The van der Waals surface area contributed by atoms with E-state index in [2.05, 4.69) is 20.5 Å². The summed E-state index contributed by atoms with van der Waals surface area (Å²) in [6, 6.07) is 3.26. The van der Waals surface area contributed by atoms with Gasteiger partial charge in [0, 0.05) is 25.8 Å². The van der Waals surface area contributed by atoms with Gasteiger partial charge in [0.1, 0.15) is 12.4 Å². The molecule has 1 aromatic heterocycles. The second kappa shape index (κ2) is 10.3. The molecular formula is C20H30N4O3. The Morgan fingerprint density at radius 2 is 2.19 bits per heavy atom. The zero-order valence-electron chi connectivity index (χ0n) is 15.9. The molecule has 1 aliphatic heterocycles. The summed E-state index contributed by atoms with van der Waals surface area (Å²) < 4.78 is 5.52. The maximum Gasteiger partial charge on any atom is 0.237 e. The molecule has 3 rings (SSSR count). The van der Waals surface area contributed by atoms with Gasteiger partial charge in [0.25, 0.3) is 0 Å². The minimum Gasteiger partial charge on any atom is -0.490 e. The van der Waals surface area contributed by atoms with E-state index in [1.54, 1.807) is 18.5 Å². The molecule has 2 fully saturated rings. The van der Waals surface area contributed by atoms with Gasteiger partial charge in [0.2, 0.25) is 11.8 Å². The van der Waals surface area contributed by atoms with Crippen LogP contribution in [0.3, 0.4) is 0 Å². The Balaban J connectivity index is 1.42.